The molecular weight excluding hydrogens is 275 g/mol. The first kappa shape index (κ1) is 15.5. The van der Waals surface area contributed by atoms with Gasteiger partial charge in [-0.2, -0.15) is 0 Å². The molecule has 0 aromatic heterocycles. The normalized spacial score (nSPS) is 11.6. The van der Waals surface area contributed by atoms with Crippen LogP contribution in [0.2, 0.25) is 5.02 Å². The van der Waals surface area contributed by atoms with Gasteiger partial charge < -0.3 is 13.8 Å². The van der Waals surface area contributed by atoms with Crippen LogP contribution in [-0.4, -0.2) is 20.3 Å². The summed E-state index contributed by atoms with van der Waals surface area (Å²) in [6.45, 7) is 4.25. The van der Waals surface area contributed by atoms with Gasteiger partial charge in [-0.15, -0.1) is 0 Å². The summed E-state index contributed by atoms with van der Waals surface area (Å²) >= 11 is 5.88. The highest BCUT2D eigenvalue weighted by molar-refractivity contribution is 7.53. The molecule has 1 aromatic rings. The molecule has 0 atom stereocenters. The van der Waals surface area contributed by atoms with Gasteiger partial charge in [0.2, 0.25) is 0 Å². The summed E-state index contributed by atoms with van der Waals surface area (Å²) in [5, 5.41) is 0.568. The van der Waals surface area contributed by atoms with E-state index in [1.54, 1.807) is 39.2 Å². The Morgan fingerprint density at radius 3 is 2.33 bits per heavy atom. The Balaban J connectivity index is 2.96. The molecule has 0 radical (unpaired) electrons. The van der Waals surface area contributed by atoms with Gasteiger partial charge in [-0.05, 0) is 26.0 Å². The van der Waals surface area contributed by atoms with Gasteiger partial charge in [0.1, 0.15) is 5.75 Å². The monoisotopic (exact) mass is 292 g/mol. The molecule has 0 spiro atoms. The third-order valence-corrected chi connectivity index (χ3v) is 4.53. The maximum Gasteiger partial charge on any atom is 0.335 e. The Morgan fingerprint density at radius 1 is 1.22 bits per heavy atom. The van der Waals surface area contributed by atoms with Gasteiger partial charge >= 0.3 is 7.60 Å². The molecule has 1 aromatic carbocycles. The molecule has 18 heavy (non-hydrogen) atoms. The van der Waals surface area contributed by atoms with Crippen molar-refractivity contribution in [2.75, 3.05) is 20.3 Å². The lowest BCUT2D eigenvalue weighted by atomic mass is 10.2. The smallest absolute Gasteiger partial charge is 0.335 e. The molecule has 0 bridgehead atoms. The summed E-state index contributed by atoms with van der Waals surface area (Å²) in [7, 11) is -1.58. The zero-order valence-electron chi connectivity index (χ0n) is 10.8. The zero-order valence-corrected chi connectivity index (χ0v) is 12.5. The van der Waals surface area contributed by atoms with Crippen LogP contribution < -0.4 is 4.74 Å². The lowest BCUT2D eigenvalue weighted by Crippen LogP contribution is -2.00. The lowest BCUT2D eigenvalue weighted by molar-refractivity contribution is 0.219. The van der Waals surface area contributed by atoms with Gasteiger partial charge in [0.15, 0.2) is 0 Å². The first-order valence-electron chi connectivity index (χ1n) is 5.75. The number of rotatable bonds is 7. The van der Waals surface area contributed by atoms with Crippen LogP contribution in [0.3, 0.4) is 0 Å². The van der Waals surface area contributed by atoms with Crippen molar-refractivity contribution >= 4 is 19.2 Å². The topological polar surface area (TPSA) is 44.8 Å². The van der Waals surface area contributed by atoms with Gasteiger partial charge in [0.25, 0.3) is 0 Å². The molecule has 0 amide bonds. The number of methoxy groups -OCH3 is 1. The lowest BCUT2D eigenvalue weighted by Gasteiger charge is -2.18. The fourth-order valence-electron chi connectivity index (χ4n) is 1.58. The molecular formula is C12H18ClO4P. The zero-order chi connectivity index (χ0) is 13.6. The van der Waals surface area contributed by atoms with Crippen LogP contribution >= 0.6 is 19.2 Å². The summed E-state index contributed by atoms with van der Waals surface area (Å²) in [6.07, 6.45) is 0.176. The van der Waals surface area contributed by atoms with E-state index in [9.17, 15) is 4.57 Å². The third kappa shape index (κ3) is 4.29. The van der Waals surface area contributed by atoms with E-state index in [1.165, 1.54) is 0 Å². The first-order valence-corrected chi connectivity index (χ1v) is 7.85. The van der Waals surface area contributed by atoms with E-state index in [-0.39, 0.29) is 6.16 Å². The van der Waals surface area contributed by atoms with E-state index in [1.807, 2.05) is 0 Å². The van der Waals surface area contributed by atoms with E-state index < -0.39 is 7.60 Å². The van der Waals surface area contributed by atoms with Crippen molar-refractivity contribution in [2.45, 2.75) is 20.0 Å². The van der Waals surface area contributed by atoms with Crippen LogP contribution in [0.4, 0.5) is 0 Å². The Bertz CT molecular complexity index is 426. The van der Waals surface area contributed by atoms with Crippen molar-refractivity contribution in [2.24, 2.45) is 0 Å². The average Bonchev–Trinajstić information content (AvgIpc) is 2.32. The van der Waals surface area contributed by atoms with Crippen LogP contribution in [0.15, 0.2) is 18.2 Å². The maximum absolute atomic E-state index is 12.4. The highest BCUT2D eigenvalue weighted by Gasteiger charge is 2.25. The molecule has 0 unspecified atom stereocenters. The third-order valence-electron chi connectivity index (χ3n) is 2.26. The van der Waals surface area contributed by atoms with E-state index >= 15 is 0 Å². The summed E-state index contributed by atoms with van der Waals surface area (Å²) in [5.41, 5.74) is 0.757. The highest BCUT2D eigenvalue weighted by Crippen LogP contribution is 2.52. The molecule has 0 N–H and O–H groups in total. The number of hydrogen-bond acceptors (Lipinski definition) is 4. The van der Waals surface area contributed by atoms with Gasteiger partial charge in [0, 0.05) is 10.6 Å². The van der Waals surface area contributed by atoms with Gasteiger partial charge in [-0.3, -0.25) is 4.57 Å². The minimum Gasteiger partial charge on any atom is -0.496 e. The van der Waals surface area contributed by atoms with Crippen LogP contribution in [0.1, 0.15) is 19.4 Å². The van der Waals surface area contributed by atoms with Gasteiger partial charge in [0.05, 0.1) is 26.5 Å². The Hall–Kier alpha value is -0.540. The molecule has 1 rings (SSSR count). The highest BCUT2D eigenvalue weighted by atomic mass is 35.5. The largest absolute Gasteiger partial charge is 0.496 e. The van der Waals surface area contributed by atoms with Gasteiger partial charge in [-0.25, -0.2) is 0 Å². The molecule has 0 fully saturated rings. The van der Waals surface area contributed by atoms with Crippen molar-refractivity contribution in [3.8, 4) is 5.75 Å². The van der Waals surface area contributed by atoms with Crippen molar-refractivity contribution in [1.29, 1.82) is 0 Å². The first-order chi connectivity index (χ1) is 8.54. The summed E-state index contributed by atoms with van der Waals surface area (Å²) in [6, 6.07) is 5.17. The van der Waals surface area contributed by atoms with Crippen LogP contribution in [0.5, 0.6) is 5.75 Å². The fraction of sp³-hybridized carbons (Fsp3) is 0.500. The summed E-state index contributed by atoms with van der Waals surface area (Å²) < 4.78 is 28.1. The summed E-state index contributed by atoms with van der Waals surface area (Å²) in [4.78, 5) is 0. The van der Waals surface area contributed by atoms with E-state index in [4.69, 9.17) is 25.4 Å². The molecule has 0 saturated carbocycles. The number of ether oxygens (including phenoxy) is 1. The standard InChI is InChI=1S/C12H18ClO4P/c1-4-16-18(14,17-5-2)9-10-6-7-11(13)8-12(10)15-3/h6-8H,4-5,9H2,1-3H3. The number of halogens is 1. The quantitative estimate of drug-likeness (QED) is 0.709. The summed E-state index contributed by atoms with van der Waals surface area (Å²) in [5.74, 6) is 0.585. The number of hydrogen-bond donors (Lipinski definition) is 0. The van der Waals surface area contributed by atoms with Crippen LogP contribution in [0, 0.1) is 0 Å². The minimum absolute atomic E-state index is 0.176. The Kier molecular flexibility index (Phi) is 6.16. The van der Waals surface area contributed by atoms with Crippen molar-refractivity contribution in [3.63, 3.8) is 0 Å². The van der Waals surface area contributed by atoms with E-state index in [0.717, 1.165) is 5.56 Å². The van der Waals surface area contributed by atoms with E-state index in [0.29, 0.717) is 24.0 Å². The number of benzene rings is 1. The molecule has 0 heterocycles. The van der Waals surface area contributed by atoms with Crippen LogP contribution in [0.25, 0.3) is 0 Å². The predicted molar refractivity (Wildman–Crippen MR) is 72.6 cm³/mol. The second-order valence-electron chi connectivity index (χ2n) is 3.56. The molecule has 6 heteroatoms. The second kappa shape index (κ2) is 7.15. The molecule has 102 valence electrons. The average molecular weight is 293 g/mol. The molecule has 0 aliphatic rings. The Morgan fingerprint density at radius 2 is 1.83 bits per heavy atom. The van der Waals surface area contributed by atoms with Crippen molar-refractivity contribution < 1.29 is 18.3 Å². The molecule has 4 nitrogen and oxygen atoms in total. The fourth-order valence-corrected chi connectivity index (χ4v) is 3.46. The minimum atomic E-state index is -3.12. The van der Waals surface area contributed by atoms with Crippen molar-refractivity contribution in [1.82, 2.24) is 0 Å². The van der Waals surface area contributed by atoms with Gasteiger partial charge in [-0.1, -0.05) is 17.7 Å². The second-order valence-corrected chi connectivity index (χ2v) is 6.05. The molecule has 0 saturated heterocycles. The van der Waals surface area contributed by atoms with Crippen molar-refractivity contribution in [3.05, 3.63) is 28.8 Å². The Labute approximate surface area is 113 Å². The molecule has 0 aliphatic heterocycles. The maximum atomic E-state index is 12.4. The van der Waals surface area contributed by atoms with E-state index in [2.05, 4.69) is 0 Å². The predicted octanol–water partition coefficient (Wildman–Crippen LogP) is 4.11. The van der Waals surface area contributed by atoms with Crippen LogP contribution in [-0.2, 0) is 19.8 Å². The molecule has 0 aliphatic carbocycles. The SMILES string of the molecule is CCOP(=O)(Cc1ccc(Cl)cc1OC)OCC.